The standard InChI is InChI=1S/C19H21N3O3/c1-20-19(24)14-25-17-6-2-4-15(12-17)9-11-22-18(23)8-7-16-5-3-10-21-13-16/h2-8,10,12-13H,9,11,14H2,1H3,(H,20,24)(H,22,23)/b8-7+. The monoisotopic (exact) mass is 339 g/mol. The number of rotatable bonds is 8. The Hall–Kier alpha value is -3.15. The number of ether oxygens (including phenoxy) is 1. The summed E-state index contributed by atoms with van der Waals surface area (Å²) >= 11 is 0. The molecule has 0 spiro atoms. The summed E-state index contributed by atoms with van der Waals surface area (Å²) in [5.41, 5.74) is 1.89. The molecule has 0 unspecified atom stereocenters. The summed E-state index contributed by atoms with van der Waals surface area (Å²) in [6.07, 6.45) is 7.25. The van der Waals surface area contributed by atoms with Crippen molar-refractivity contribution in [3.05, 3.63) is 66.0 Å². The Morgan fingerprint density at radius 1 is 1.24 bits per heavy atom. The molecule has 2 rings (SSSR count). The smallest absolute Gasteiger partial charge is 0.257 e. The number of nitrogens with zero attached hydrogens (tertiary/aromatic N) is 1. The molecule has 2 N–H and O–H groups in total. The molecule has 0 bridgehead atoms. The van der Waals surface area contributed by atoms with Crippen LogP contribution in [-0.2, 0) is 16.0 Å². The van der Waals surface area contributed by atoms with E-state index in [1.54, 1.807) is 31.6 Å². The van der Waals surface area contributed by atoms with Crippen molar-refractivity contribution in [2.24, 2.45) is 0 Å². The number of likely N-dealkylation sites (N-methyl/N-ethyl adjacent to an activating group) is 1. The normalized spacial score (nSPS) is 10.4. The molecule has 0 radical (unpaired) electrons. The molecule has 6 heteroatoms. The van der Waals surface area contributed by atoms with Gasteiger partial charge in [0.1, 0.15) is 5.75 Å². The molecule has 0 aliphatic carbocycles. The van der Waals surface area contributed by atoms with Crippen LogP contribution in [-0.4, -0.2) is 37.0 Å². The number of amides is 2. The molecule has 0 atom stereocenters. The Labute approximate surface area is 146 Å². The predicted molar refractivity (Wildman–Crippen MR) is 96.0 cm³/mol. The number of pyridine rings is 1. The second-order valence-electron chi connectivity index (χ2n) is 5.27. The van der Waals surface area contributed by atoms with E-state index in [2.05, 4.69) is 15.6 Å². The van der Waals surface area contributed by atoms with Crippen molar-refractivity contribution < 1.29 is 14.3 Å². The van der Waals surface area contributed by atoms with Gasteiger partial charge >= 0.3 is 0 Å². The van der Waals surface area contributed by atoms with Crippen molar-refractivity contribution in [3.63, 3.8) is 0 Å². The van der Waals surface area contributed by atoms with Gasteiger partial charge in [0.25, 0.3) is 5.91 Å². The van der Waals surface area contributed by atoms with E-state index in [4.69, 9.17) is 4.74 Å². The molecule has 0 saturated carbocycles. The molecule has 1 aromatic heterocycles. The van der Waals surface area contributed by atoms with Crippen molar-refractivity contribution in [2.45, 2.75) is 6.42 Å². The van der Waals surface area contributed by atoms with Crippen molar-refractivity contribution in [1.82, 2.24) is 15.6 Å². The van der Waals surface area contributed by atoms with E-state index in [9.17, 15) is 9.59 Å². The quantitative estimate of drug-likeness (QED) is 0.716. The van der Waals surface area contributed by atoms with E-state index in [-0.39, 0.29) is 18.4 Å². The second-order valence-corrected chi connectivity index (χ2v) is 5.27. The third-order valence-corrected chi connectivity index (χ3v) is 3.37. The number of nitrogens with one attached hydrogen (secondary N) is 2. The molecular formula is C19H21N3O3. The number of carbonyl (C=O) groups excluding carboxylic acids is 2. The van der Waals surface area contributed by atoms with Crippen LogP contribution < -0.4 is 15.4 Å². The lowest BCUT2D eigenvalue weighted by Crippen LogP contribution is -2.25. The summed E-state index contributed by atoms with van der Waals surface area (Å²) < 4.78 is 5.40. The van der Waals surface area contributed by atoms with E-state index in [1.165, 1.54) is 6.08 Å². The zero-order valence-corrected chi connectivity index (χ0v) is 14.1. The highest BCUT2D eigenvalue weighted by Crippen LogP contribution is 2.13. The molecule has 1 aromatic carbocycles. The molecule has 0 saturated heterocycles. The zero-order valence-electron chi connectivity index (χ0n) is 14.1. The molecule has 130 valence electrons. The fourth-order valence-electron chi connectivity index (χ4n) is 2.05. The number of aromatic nitrogens is 1. The van der Waals surface area contributed by atoms with Gasteiger partial charge in [-0.05, 0) is 41.8 Å². The van der Waals surface area contributed by atoms with Crippen LogP contribution in [0, 0.1) is 0 Å². The summed E-state index contributed by atoms with van der Waals surface area (Å²) in [5.74, 6) is 0.290. The molecular weight excluding hydrogens is 318 g/mol. The lowest BCUT2D eigenvalue weighted by atomic mass is 10.1. The van der Waals surface area contributed by atoms with Gasteiger partial charge in [0.15, 0.2) is 6.61 Å². The van der Waals surface area contributed by atoms with Gasteiger partial charge in [-0.1, -0.05) is 18.2 Å². The largest absolute Gasteiger partial charge is 0.484 e. The van der Waals surface area contributed by atoms with Gasteiger partial charge in [0.2, 0.25) is 5.91 Å². The second kappa shape index (κ2) is 9.87. The van der Waals surface area contributed by atoms with Crippen LogP contribution in [0.2, 0.25) is 0 Å². The summed E-state index contributed by atoms with van der Waals surface area (Å²) in [6, 6.07) is 11.2. The van der Waals surface area contributed by atoms with E-state index < -0.39 is 0 Å². The topological polar surface area (TPSA) is 80.3 Å². The Bertz CT molecular complexity index is 730. The minimum atomic E-state index is -0.182. The van der Waals surface area contributed by atoms with E-state index in [0.29, 0.717) is 18.7 Å². The van der Waals surface area contributed by atoms with Gasteiger partial charge in [-0.3, -0.25) is 14.6 Å². The summed E-state index contributed by atoms with van der Waals surface area (Å²) in [4.78, 5) is 27.0. The van der Waals surface area contributed by atoms with Crippen LogP contribution in [0.1, 0.15) is 11.1 Å². The molecule has 2 aromatic rings. The molecule has 6 nitrogen and oxygen atoms in total. The van der Waals surface area contributed by atoms with Crippen molar-refractivity contribution in [3.8, 4) is 5.75 Å². The summed E-state index contributed by atoms with van der Waals surface area (Å²) in [6.45, 7) is 0.491. The first kappa shape index (κ1) is 18.2. The Kier molecular flexibility index (Phi) is 7.18. The fourth-order valence-corrected chi connectivity index (χ4v) is 2.05. The molecule has 0 aliphatic heterocycles. The first-order chi connectivity index (χ1) is 12.2. The van der Waals surface area contributed by atoms with Gasteiger partial charge in [-0.15, -0.1) is 0 Å². The fraction of sp³-hybridized carbons (Fsp3) is 0.211. The predicted octanol–water partition coefficient (Wildman–Crippen LogP) is 1.58. The Morgan fingerprint density at radius 3 is 2.88 bits per heavy atom. The van der Waals surface area contributed by atoms with Gasteiger partial charge in [0.05, 0.1) is 0 Å². The van der Waals surface area contributed by atoms with Crippen LogP contribution in [0.4, 0.5) is 0 Å². The summed E-state index contributed by atoms with van der Waals surface area (Å²) in [5, 5.41) is 5.33. The average molecular weight is 339 g/mol. The SMILES string of the molecule is CNC(=O)COc1cccc(CCNC(=O)/C=C/c2cccnc2)c1. The molecule has 25 heavy (non-hydrogen) atoms. The van der Waals surface area contributed by atoms with Gasteiger partial charge in [-0.2, -0.15) is 0 Å². The maximum atomic E-state index is 11.8. The number of hydrogen-bond acceptors (Lipinski definition) is 4. The number of benzene rings is 1. The van der Waals surface area contributed by atoms with Crippen molar-refractivity contribution >= 4 is 17.9 Å². The van der Waals surface area contributed by atoms with Crippen LogP contribution in [0.3, 0.4) is 0 Å². The average Bonchev–Trinajstić information content (AvgIpc) is 2.65. The maximum absolute atomic E-state index is 11.8. The highest BCUT2D eigenvalue weighted by molar-refractivity contribution is 5.91. The third kappa shape index (κ3) is 6.87. The van der Waals surface area contributed by atoms with Gasteiger partial charge < -0.3 is 15.4 Å². The molecule has 2 amide bonds. The lowest BCUT2D eigenvalue weighted by Gasteiger charge is -2.07. The zero-order chi connectivity index (χ0) is 17.9. The number of carbonyl (C=O) groups is 2. The molecule has 1 heterocycles. The van der Waals surface area contributed by atoms with Crippen molar-refractivity contribution in [1.29, 1.82) is 0 Å². The van der Waals surface area contributed by atoms with Crippen LogP contribution in [0.5, 0.6) is 5.75 Å². The highest BCUT2D eigenvalue weighted by Gasteiger charge is 2.02. The Balaban J connectivity index is 1.76. The lowest BCUT2D eigenvalue weighted by molar-refractivity contribution is -0.122. The van der Waals surface area contributed by atoms with E-state index in [1.807, 2.05) is 30.3 Å². The van der Waals surface area contributed by atoms with Gasteiger partial charge in [0, 0.05) is 32.1 Å². The summed E-state index contributed by atoms with van der Waals surface area (Å²) in [7, 11) is 1.56. The molecule has 0 fully saturated rings. The Morgan fingerprint density at radius 2 is 2.12 bits per heavy atom. The maximum Gasteiger partial charge on any atom is 0.257 e. The first-order valence-corrected chi connectivity index (χ1v) is 7.95. The first-order valence-electron chi connectivity index (χ1n) is 7.95. The van der Waals surface area contributed by atoms with Crippen LogP contribution >= 0.6 is 0 Å². The number of hydrogen-bond donors (Lipinski definition) is 2. The van der Waals surface area contributed by atoms with E-state index in [0.717, 1.165) is 11.1 Å². The van der Waals surface area contributed by atoms with E-state index >= 15 is 0 Å². The highest BCUT2D eigenvalue weighted by atomic mass is 16.5. The van der Waals surface area contributed by atoms with Crippen LogP contribution in [0.15, 0.2) is 54.9 Å². The minimum Gasteiger partial charge on any atom is -0.484 e. The van der Waals surface area contributed by atoms with Crippen molar-refractivity contribution in [2.75, 3.05) is 20.2 Å². The minimum absolute atomic E-state index is 0.0180. The van der Waals surface area contributed by atoms with Gasteiger partial charge in [-0.25, -0.2) is 0 Å². The van der Waals surface area contributed by atoms with Crippen LogP contribution in [0.25, 0.3) is 6.08 Å². The molecule has 0 aliphatic rings. The third-order valence-electron chi connectivity index (χ3n) is 3.37.